The largest absolute Gasteiger partial charge is 0.458 e. The Hall–Kier alpha value is -3.70. The molecule has 1 aromatic carbocycles. The topological polar surface area (TPSA) is 391 Å². The molecular weight excluding hydrogens is 1180 g/mol. The average molecular weight is 1270 g/mol. The molecule has 30 atom stereocenters. The molecule has 0 spiro atoms. The molecule has 89 heavy (non-hydrogen) atoms. The fraction of sp³-hybridized carbons (Fsp3) is 0.774. The quantitative estimate of drug-likeness (QED) is 0.0531. The van der Waals surface area contributed by atoms with Gasteiger partial charge in [0.2, 0.25) is 0 Å². The maximum atomic E-state index is 14.1. The summed E-state index contributed by atoms with van der Waals surface area (Å²) < 4.78 is 78.7. The van der Waals surface area contributed by atoms with E-state index >= 15 is 0 Å². The van der Waals surface area contributed by atoms with Crippen LogP contribution in [0, 0.1) is 22.7 Å². The third-order valence-corrected chi connectivity index (χ3v) is 20.0. The second kappa shape index (κ2) is 28.9. The first kappa shape index (κ1) is 69.6. The number of methoxy groups -OCH3 is 2. The molecule has 500 valence electrons. The van der Waals surface area contributed by atoms with E-state index in [9.17, 15) is 70.2 Å². The van der Waals surface area contributed by atoms with Gasteiger partial charge in [-0.3, -0.25) is 14.4 Å². The van der Waals surface area contributed by atoms with Crippen molar-refractivity contribution in [2.75, 3.05) is 27.4 Å². The van der Waals surface area contributed by atoms with E-state index in [2.05, 4.69) is 0 Å². The van der Waals surface area contributed by atoms with Crippen LogP contribution >= 0.6 is 0 Å². The molecule has 0 aromatic heterocycles. The van der Waals surface area contributed by atoms with Gasteiger partial charge in [0.25, 0.3) is 0 Å². The van der Waals surface area contributed by atoms with Crippen LogP contribution in [0.25, 0.3) is 6.08 Å². The van der Waals surface area contributed by atoms with E-state index in [1.807, 2.05) is 37.3 Å². The van der Waals surface area contributed by atoms with Crippen molar-refractivity contribution in [1.29, 1.82) is 0 Å². The van der Waals surface area contributed by atoms with Gasteiger partial charge in [-0.15, -0.1) is 0 Å². The van der Waals surface area contributed by atoms with Crippen LogP contribution in [0.2, 0.25) is 0 Å². The number of ether oxygens (including phenoxy) is 13. The summed E-state index contributed by atoms with van der Waals surface area (Å²) in [6, 6.07) is 9.10. The fourth-order valence-corrected chi connectivity index (χ4v) is 14.6. The second-order valence-corrected chi connectivity index (χ2v) is 25.5. The Bertz CT molecular complexity index is 2610. The molecule has 0 unspecified atom stereocenters. The second-order valence-electron chi connectivity index (χ2n) is 25.5. The van der Waals surface area contributed by atoms with Crippen LogP contribution in [0.5, 0.6) is 0 Å². The lowest BCUT2D eigenvalue weighted by molar-refractivity contribution is -0.384. The first-order valence-corrected chi connectivity index (χ1v) is 30.7. The molecular formula is C62H90O27. The Labute approximate surface area is 516 Å². The number of hydrogen-bond acceptors (Lipinski definition) is 27. The smallest absolute Gasteiger partial charge is 0.331 e. The maximum Gasteiger partial charge on any atom is 0.331 e. The van der Waals surface area contributed by atoms with Crippen LogP contribution in [-0.2, 0) is 80.8 Å². The van der Waals surface area contributed by atoms with E-state index in [0.29, 0.717) is 12.8 Å². The third-order valence-electron chi connectivity index (χ3n) is 20.0. The summed E-state index contributed by atoms with van der Waals surface area (Å²) in [4.78, 5) is 54.6. The molecule has 8 aliphatic rings. The lowest BCUT2D eigenvalue weighted by Gasteiger charge is -2.55. The van der Waals surface area contributed by atoms with E-state index in [-0.39, 0.29) is 55.9 Å². The summed E-state index contributed by atoms with van der Waals surface area (Å²) in [5.74, 6) is -3.15. The zero-order valence-corrected chi connectivity index (χ0v) is 51.3. The number of hydrogen-bond donors (Lipinski definition) is 10. The van der Waals surface area contributed by atoms with E-state index < -0.39 is 201 Å². The molecule has 27 heteroatoms. The number of Topliss-reactive ketones (excluding diaryl/α,β-unsaturated/α-hetero) is 2. The van der Waals surface area contributed by atoms with Gasteiger partial charge in [-0.2, -0.15) is 0 Å². The first-order valence-electron chi connectivity index (χ1n) is 30.7. The normalized spacial score (nSPS) is 46.6. The molecule has 0 bridgehead atoms. The molecule has 5 aliphatic heterocycles. The Morgan fingerprint density at radius 1 is 0.674 bits per heavy atom. The Balaban J connectivity index is 0.777. The van der Waals surface area contributed by atoms with Crippen molar-refractivity contribution in [1.82, 2.24) is 0 Å². The highest BCUT2D eigenvalue weighted by Gasteiger charge is 2.62. The summed E-state index contributed by atoms with van der Waals surface area (Å²) in [6.45, 7) is 8.26. The number of aliphatic hydroxyl groups is 10. The number of esters is 1. The van der Waals surface area contributed by atoms with E-state index in [1.54, 1.807) is 33.8 Å². The van der Waals surface area contributed by atoms with Crippen molar-refractivity contribution < 1.29 is 132 Å². The molecule has 3 aliphatic carbocycles. The number of ketones is 3. The van der Waals surface area contributed by atoms with Crippen LogP contribution in [-0.4, -0.2) is 261 Å². The molecule has 7 fully saturated rings. The summed E-state index contributed by atoms with van der Waals surface area (Å²) >= 11 is 0. The molecule has 2 saturated carbocycles. The minimum atomic E-state index is -1.90. The maximum absolute atomic E-state index is 14.1. The Morgan fingerprint density at radius 3 is 1.92 bits per heavy atom. The van der Waals surface area contributed by atoms with Crippen LogP contribution in [0.1, 0.15) is 98.5 Å². The average Bonchev–Trinajstić information content (AvgIpc) is 1.31. The van der Waals surface area contributed by atoms with Crippen molar-refractivity contribution >= 4 is 29.4 Å². The molecule has 9 rings (SSSR count). The minimum Gasteiger partial charge on any atom is -0.458 e. The molecule has 5 saturated heterocycles. The molecule has 0 amide bonds. The predicted molar refractivity (Wildman–Crippen MR) is 303 cm³/mol. The number of carbonyl (C=O) groups excluding carboxylic acids is 4. The number of carbonyl (C=O) groups is 4. The molecule has 1 aromatic rings. The zero-order valence-electron chi connectivity index (χ0n) is 51.3. The van der Waals surface area contributed by atoms with Crippen LogP contribution < -0.4 is 0 Å². The van der Waals surface area contributed by atoms with E-state index in [1.165, 1.54) is 39.4 Å². The van der Waals surface area contributed by atoms with Crippen LogP contribution in [0.4, 0.5) is 0 Å². The molecule has 27 nitrogen and oxygen atoms in total. The van der Waals surface area contributed by atoms with Crippen molar-refractivity contribution in [3.8, 4) is 0 Å². The minimum absolute atomic E-state index is 0.0673. The van der Waals surface area contributed by atoms with Gasteiger partial charge in [-0.1, -0.05) is 37.3 Å². The lowest BCUT2D eigenvalue weighted by atomic mass is 9.52. The Morgan fingerprint density at radius 2 is 1.28 bits per heavy atom. The number of fused-ring (bicyclic) bond motifs is 1. The predicted octanol–water partition coefficient (Wildman–Crippen LogP) is -0.816. The molecule has 10 N–H and O–H groups in total. The SMILES string of the molecule is CO[C@@H]1[C@@H](O)[C@H](O[C@H]2[C@@H](O)C[C@H](O[C@H]3[C@@H](OC)C[C@H](O[C@H]4CC[C@]5(C)[C@@H](C[C@@H](OC(=O)/C=C/c6ccccc6)[C@@]6(C)C(=O)CC[C@@H]6C(C)=O)C(=O)C=C[C@]5(O)C4)O[C@@H]3C)O[C@@H]2C)O[C@H](C)[C@H]1O[C@@H]1O[C@H](CO)[C@@H](O[C@@H]2O[C@H](CO)[C@@H](O)[C@H](O)[C@H]2O)[C@H](O)[C@H]1O. The standard InChI is InChI=1S/C62H90O27/c1-28(65)34-15-16-41(68)61(34,6)42(85-43(69)17-14-32-12-10-9-11-13-32)22-35-36(66)19-21-62(76)25-33(18-20-60(35,62)5)82-45-24-38(77-7)53(30(3)80-45)86-44-23-37(67)52(29(2)79-44)87-59-51(75)56(78-8)54(31(4)81-59)88-58-50(74)48(72)55(40(27-64)84-58)89-57-49(73)47(71)46(70)39(26-63)83-57/h9-14,17,19,21,29-31,33-35,37-40,42,44-59,63-64,67,70-76H,15-16,18,20,22-27H2,1-8H3/b17-14+/t29-,30-,31-,33+,34-,35+,37+,38+,39-,40-,42-,44+,45+,46-,47+,48-,49-,50-,51-,52-,53-,54-,55-,56-,57+,58+,59+,60-,61-,62+/m1/s1. The Kier molecular flexibility index (Phi) is 22.6. The van der Waals surface area contributed by atoms with Crippen LogP contribution in [0.15, 0.2) is 48.6 Å². The van der Waals surface area contributed by atoms with Gasteiger partial charge >= 0.3 is 5.97 Å². The van der Waals surface area contributed by atoms with Gasteiger partial charge < -0.3 is 113 Å². The highest BCUT2D eigenvalue weighted by Crippen LogP contribution is 2.57. The van der Waals surface area contributed by atoms with Crippen molar-refractivity contribution in [3.05, 3.63) is 54.1 Å². The third kappa shape index (κ3) is 14.2. The summed E-state index contributed by atoms with van der Waals surface area (Å²) in [6.07, 6.45) is -25.4. The lowest BCUT2D eigenvalue weighted by Crippen LogP contribution is -2.66. The number of aliphatic hydroxyl groups excluding tert-OH is 9. The summed E-state index contributed by atoms with van der Waals surface area (Å²) in [5, 5.41) is 109. The van der Waals surface area contributed by atoms with Gasteiger partial charge in [-0.25, -0.2) is 4.79 Å². The van der Waals surface area contributed by atoms with Gasteiger partial charge in [0, 0.05) is 63.2 Å². The fourth-order valence-electron chi connectivity index (χ4n) is 14.6. The first-order chi connectivity index (χ1) is 42.2. The number of allylic oxidation sites excluding steroid dienone is 1. The van der Waals surface area contributed by atoms with Crippen molar-refractivity contribution in [2.45, 2.75) is 252 Å². The van der Waals surface area contributed by atoms with Gasteiger partial charge in [0.15, 0.2) is 37.2 Å². The summed E-state index contributed by atoms with van der Waals surface area (Å²) in [7, 11) is 2.79. The number of rotatable bonds is 21. The molecule has 0 radical (unpaired) electrons. The van der Waals surface area contributed by atoms with Gasteiger partial charge in [0.1, 0.15) is 97.0 Å². The van der Waals surface area contributed by atoms with Crippen LogP contribution in [0.3, 0.4) is 0 Å². The van der Waals surface area contributed by atoms with Crippen molar-refractivity contribution in [2.24, 2.45) is 22.7 Å². The monoisotopic (exact) mass is 1270 g/mol. The zero-order chi connectivity index (χ0) is 64.6. The van der Waals surface area contributed by atoms with Crippen molar-refractivity contribution in [3.63, 3.8) is 0 Å². The summed E-state index contributed by atoms with van der Waals surface area (Å²) in [5.41, 5.74) is -3.37. The van der Waals surface area contributed by atoms with Gasteiger partial charge in [0.05, 0.1) is 60.9 Å². The van der Waals surface area contributed by atoms with E-state index in [0.717, 1.165) is 5.56 Å². The number of benzene rings is 1. The molecule has 5 heterocycles. The van der Waals surface area contributed by atoms with E-state index in [4.69, 9.17) is 61.6 Å². The highest BCUT2D eigenvalue weighted by atomic mass is 16.8. The van der Waals surface area contributed by atoms with Gasteiger partial charge in [-0.05, 0) is 84.1 Å². The highest BCUT2D eigenvalue weighted by molar-refractivity contribution is 5.97.